The van der Waals surface area contributed by atoms with Crippen molar-refractivity contribution in [3.05, 3.63) is 41.9 Å². The van der Waals surface area contributed by atoms with Crippen LogP contribution < -0.4 is 0 Å². The van der Waals surface area contributed by atoms with Crippen molar-refractivity contribution in [3.8, 4) is 11.5 Å². The molecule has 2 heterocycles. The molecule has 0 saturated heterocycles. The minimum Gasteiger partial charge on any atom is -0.462 e. The second-order valence-electron chi connectivity index (χ2n) is 4.11. The molecular formula is C15H15N3O4. The number of carbonyl (C=O) groups excluding carboxylic acids is 2. The van der Waals surface area contributed by atoms with Gasteiger partial charge in [0.05, 0.1) is 13.2 Å². The van der Waals surface area contributed by atoms with Crippen molar-refractivity contribution >= 4 is 11.9 Å². The Morgan fingerprint density at radius 3 is 2.41 bits per heavy atom. The first-order valence-corrected chi connectivity index (χ1v) is 6.80. The van der Waals surface area contributed by atoms with Crippen LogP contribution in [-0.4, -0.2) is 40.1 Å². The van der Waals surface area contributed by atoms with Crippen LogP contribution in [0.2, 0.25) is 0 Å². The summed E-state index contributed by atoms with van der Waals surface area (Å²) in [4.78, 5) is 36.2. The summed E-state index contributed by atoms with van der Waals surface area (Å²) in [5.41, 5.74) is 0.333. The van der Waals surface area contributed by atoms with Gasteiger partial charge in [-0.15, -0.1) is 0 Å². The molecule has 0 atom stereocenters. The Labute approximate surface area is 127 Å². The zero-order chi connectivity index (χ0) is 15.9. The monoisotopic (exact) mass is 301 g/mol. The molecule has 2 rings (SSSR count). The molecule has 0 aliphatic heterocycles. The maximum absolute atomic E-state index is 12.0. The predicted molar refractivity (Wildman–Crippen MR) is 77.2 cm³/mol. The standard InChI is InChI=1S/C15H15N3O4/c1-3-21-14(19)10-9-17-13(11-7-5-6-8-16-11)18-12(10)15(20)22-4-2/h5-9H,3-4H2,1-2H3. The predicted octanol–water partition coefficient (Wildman–Crippen LogP) is 1.89. The molecule has 22 heavy (non-hydrogen) atoms. The van der Waals surface area contributed by atoms with Gasteiger partial charge < -0.3 is 9.47 Å². The van der Waals surface area contributed by atoms with Gasteiger partial charge >= 0.3 is 11.9 Å². The largest absolute Gasteiger partial charge is 0.462 e. The van der Waals surface area contributed by atoms with E-state index < -0.39 is 11.9 Å². The van der Waals surface area contributed by atoms with E-state index >= 15 is 0 Å². The number of esters is 2. The number of hydrogen-bond donors (Lipinski definition) is 0. The fourth-order valence-electron chi connectivity index (χ4n) is 1.71. The van der Waals surface area contributed by atoms with Crippen molar-refractivity contribution in [2.24, 2.45) is 0 Å². The molecule has 7 heteroatoms. The van der Waals surface area contributed by atoms with E-state index in [0.29, 0.717) is 5.69 Å². The van der Waals surface area contributed by atoms with Crippen molar-refractivity contribution in [2.45, 2.75) is 13.8 Å². The molecule has 2 aromatic rings. The topological polar surface area (TPSA) is 91.3 Å². The van der Waals surface area contributed by atoms with Gasteiger partial charge in [0.1, 0.15) is 11.3 Å². The van der Waals surface area contributed by atoms with Crippen molar-refractivity contribution in [1.82, 2.24) is 15.0 Å². The number of rotatable bonds is 5. The Hall–Kier alpha value is -2.83. The molecule has 0 saturated carbocycles. The molecule has 0 aliphatic carbocycles. The fourth-order valence-corrected chi connectivity index (χ4v) is 1.71. The Kier molecular flexibility index (Phi) is 5.13. The van der Waals surface area contributed by atoms with Gasteiger partial charge in [-0.1, -0.05) is 6.07 Å². The average molecular weight is 301 g/mol. The van der Waals surface area contributed by atoms with Gasteiger partial charge in [0.15, 0.2) is 11.5 Å². The minimum atomic E-state index is -0.704. The summed E-state index contributed by atoms with van der Waals surface area (Å²) in [7, 11) is 0. The van der Waals surface area contributed by atoms with E-state index in [1.54, 1.807) is 38.2 Å². The summed E-state index contributed by atoms with van der Waals surface area (Å²) in [5, 5.41) is 0. The number of aromatic nitrogens is 3. The highest BCUT2D eigenvalue weighted by Gasteiger charge is 2.23. The third-order valence-electron chi connectivity index (χ3n) is 2.65. The van der Waals surface area contributed by atoms with E-state index in [9.17, 15) is 9.59 Å². The van der Waals surface area contributed by atoms with Crippen LogP contribution in [0.1, 0.15) is 34.7 Å². The van der Waals surface area contributed by atoms with Crippen molar-refractivity contribution in [1.29, 1.82) is 0 Å². The molecule has 0 amide bonds. The zero-order valence-electron chi connectivity index (χ0n) is 12.3. The molecule has 0 spiro atoms. The molecule has 0 fully saturated rings. The first-order chi connectivity index (χ1) is 10.7. The summed E-state index contributed by atoms with van der Waals surface area (Å²) in [6, 6.07) is 5.23. The van der Waals surface area contributed by atoms with Crippen LogP contribution in [0.15, 0.2) is 30.6 Å². The van der Waals surface area contributed by atoms with Gasteiger partial charge in [-0.25, -0.2) is 19.6 Å². The highest BCUT2D eigenvalue weighted by atomic mass is 16.5. The summed E-state index contributed by atoms with van der Waals surface area (Å²) in [6.07, 6.45) is 2.84. The fraction of sp³-hybridized carbons (Fsp3) is 0.267. The quantitative estimate of drug-likeness (QED) is 0.779. The number of carbonyl (C=O) groups is 2. The number of nitrogens with zero attached hydrogens (tertiary/aromatic N) is 3. The molecule has 0 bridgehead atoms. The van der Waals surface area contributed by atoms with Crippen molar-refractivity contribution < 1.29 is 19.1 Å². The first kappa shape index (κ1) is 15.6. The van der Waals surface area contributed by atoms with E-state index in [0.717, 1.165) is 0 Å². The van der Waals surface area contributed by atoms with Gasteiger partial charge in [-0.3, -0.25) is 4.98 Å². The van der Waals surface area contributed by atoms with Crippen LogP contribution in [0.25, 0.3) is 11.5 Å². The van der Waals surface area contributed by atoms with Gasteiger partial charge in [0.25, 0.3) is 0 Å². The minimum absolute atomic E-state index is 0.0278. The Morgan fingerprint density at radius 1 is 1.05 bits per heavy atom. The van der Waals surface area contributed by atoms with E-state index in [1.165, 1.54) is 6.20 Å². The van der Waals surface area contributed by atoms with Crippen LogP contribution in [0, 0.1) is 0 Å². The van der Waals surface area contributed by atoms with Crippen LogP contribution in [0.5, 0.6) is 0 Å². The van der Waals surface area contributed by atoms with Gasteiger partial charge in [-0.05, 0) is 26.0 Å². The van der Waals surface area contributed by atoms with E-state index in [4.69, 9.17) is 9.47 Å². The maximum atomic E-state index is 12.0. The third-order valence-corrected chi connectivity index (χ3v) is 2.65. The van der Waals surface area contributed by atoms with Gasteiger partial charge in [0.2, 0.25) is 0 Å². The average Bonchev–Trinajstić information content (AvgIpc) is 2.55. The lowest BCUT2D eigenvalue weighted by Crippen LogP contribution is -2.17. The summed E-state index contributed by atoms with van der Waals surface area (Å²) in [6.45, 7) is 3.70. The number of ether oxygens (including phenoxy) is 2. The molecule has 0 aromatic carbocycles. The molecule has 7 nitrogen and oxygen atoms in total. The molecule has 2 aromatic heterocycles. The molecule has 0 aliphatic rings. The van der Waals surface area contributed by atoms with Crippen molar-refractivity contribution in [2.75, 3.05) is 13.2 Å². The lowest BCUT2D eigenvalue weighted by Gasteiger charge is -2.08. The highest BCUT2D eigenvalue weighted by molar-refractivity contribution is 6.01. The molecule has 0 radical (unpaired) electrons. The van der Waals surface area contributed by atoms with Crippen LogP contribution in [0.4, 0.5) is 0 Å². The SMILES string of the molecule is CCOC(=O)c1cnc(-c2ccccn2)nc1C(=O)OCC. The summed E-state index contributed by atoms with van der Waals surface area (Å²) < 4.78 is 9.83. The summed E-state index contributed by atoms with van der Waals surface area (Å²) >= 11 is 0. The maximum Gasteiger partial charge on any atom is 0.357 e. The Bertz CT molecular complexity index is 674. The molecule has 0 unspecified atom stereocenters. The second-order valence-corrected chi connectivity index (χ2v) is 4.11. The lowest BCUT2D eigenvalue weighted by atomic mass is 10.2. The van der Waals surface area contributed by atoms with Crippen molar-refractivity contribution in [3.63, 3.8) is 0 Å². The smallest absolute Gasteiger partial charge is 0.357 e. The second kappa shape index (κ2) is 7.26. The van der Waals surface area contributed by atoms with E-state index in [1.807, 2.05) is 0 Å². The molecular weight excluding hydrogens is 286 g/mol. The molecule has 114 valence electrons. The Balaban J connectivity index is 2.48. The molecule has 0 N–H and O–H groups in total. The normalized spacial score (nSPS) is 10.1. The highest BCUT2D eigenvalue weighted by Crippen LogP contribution is 2.15. The summed E-state index contributed by atoms with van der Waals surface area (Å²) in [5.74, 6) is -1.14. The van der Waals surface area contributed by atoms with Crippen LogP contribution in [-0.2, 0) is 9.47 Å². The van der Waals surface area contributed by atoms with Crippen LogP contribution in [0.3, 0.4) is 0 Å². The van der Waals surface area contributed by atoms with E-state index in [2.05, 4.69) is 15.0 Å². The Morgan fingerprint density at radius 2 is 1.77 bits per heavy atom. The zero-order valence-corrected chi connectivity index (χ0v) is 12.3. The van der Waals surface area contributed by atoms with E-state index in [-0.39, 0.29) is 30.3 Å². The lowest BCUT2D eigenvalue weighted by molar-refractivity contribution is 0.0473. The first-order valence-electron chi connectivity index (χ1n) is 6.80. The van der Waals surface area contributed by atoms with Gasteiger partial charge in [0, 0.05) is 12.4 Å². The number of hydrogen-bond acceptors (Lipinski definition) is 7. The van der Waals surface area contributed by atoms with Crippen LogP contribution >= 0.6 is 0 Å². The number of pyridine rings is 1. The third kappa shape index (κ3) is 3.43. The van der Waals surface area contributed by atoms with Gasteiger partial charge in [-0.2, -0.15) is 0 Å².